The lowest BCUT2D eigenvalue weighted by molar-refractivity contribution is 0.0549. The number of rotatable bonds is 8. The second-order valence-electron chi connectivity index (χ2n) is 5.48. The molecule has 17 heavy (non-hydrogen) atoms. The van der Waals surface area contributed by atoms with Gasteiger partial charge in [-0.2, -0.15) is 0 Å². The van der Waals surface area contributed by atoms with Crippen LogP contribution in [0.4, 0.5) is 8.78 Å². The largest absolute Gasteiger partial charge is 0.394 e. The Morgan fingerprint density at radius 2 is 2.00 bits per heavy atom. The highest BCUT2D eigenvalue weighted by atomic mass is 19.3. The number of alkyl halides is 2. The average Bonchev–Trinajstić information content (AvgIpc) is 2.97. The van der Waals surface area contributed by atoms with Crippen molar-refractivity contribution < 1.29 is 13.9 Å². The Bertz CT molecular complexity index is 235. The van der Waals surface area contributed by atoms with E-state index in [0.717, 1.165) is 12.8 Å². The highest BCUT2D eigenvalue weighted by Gasteiger charge is 2.45. The van der Waals surface area contributed by atoms with Crippen LogP contribution in [0.3, 0.4) is 0 Å². The standard InChI is InChI=1S/C12H24F2N2O/c1-9(2)15-12(8-17,10-4-5-10)7-16(3)6-11(13)14/h9-11,15,17H,4-8H2,1-3H3. The average molecular weight is 250 g/mol. The van der Waals surface area contributed by atoms with Crippen LogP contribution in [0.25, 0.3) is 0 Å². The summed E-state index contributed by atoms with van der Waals surface area (Å²) in [5.41, 5.74) is -0.419. The van der Waals surface area contributed by atoms with Crippen LogP contribution in [-0.4, -0.2) is 54.8 Å². The Balaban J connectivity index is 2.61. The maximum atomic E-state index is 12.3. The minimum absolute atomic E-state index is 0.00340. The monoisotopic (exact) mass is 250 g/mol. The van der Waals surface area contributed by atoms with Crippen LogP contribution < -0.4 is 5.32 Å². The van der Waals surface area contributed by atoms with Gasteiger partial charge in [-0.15, -0.1) is 0 Å². The van der Waals surface area contributed by atoms with Crippen molar-refractivity contribution in [1.82, 2.24) is 10.2 Å². The molecule has 1 fully saturated rings. The van der Waals surface area contributed by atoms with E-state index in [1.165, 1.54) is 0 Å². The lowest BCUT2D eigenvalue weighted by atomic mass is 9.92. The molecule has 0 aromatic heterocycles. The van der Waals surface area contributed by atoms with E-state index < -0.39 is 12.0 Å². The second kappa shape index (κ2) is 6.07. The lowest BCUT2D eigenvalue weighted by Gasteiger charge is -2.38. The summed E-state index contributed by atoms with van der Waals surface area (Å²) < 4.78 is 24.6. The van der Waals surface area contributed by atoms with Crippen molar-refractivity contribution in [3.05, 3.63) is 0 Å². The molecule has 0 heterocycles. The van der Waals surface area contributed by atoms with E-state index in [-0.39, 0.29) is 19.2 Å². The summed E-state index contributed by atoms with van der Waals surface area (Å²) in [6.45, 7) is 4.26. The predicted molar refractivity (Wildman–Crippen MR) is 64.3 cm³/mol. The van der Waals surface area contributed by atoms with E-state index in [2.05, 4.69) is 5.32 Å². The van der Waals surface area contributed by atoms with Gasteiger partial charge in [0, 0.05) is 12.6 Å². The molecule has 3 nitrogen and oxygen atoms in total. The van der Waals surface area contributed by atoms with Crippen LogP contribution in [0, 0.1) is 5.92 Å². The number of likely N-dealkylation sites (N-methyl/N-ethyl adjacent to an activating group) is 1. The second-order valence-corrected chi connectivity index (χ2v) is 5.48. The summed E-state index contributed by atoms with van der Waals surface area (Å²) in [5, 5.41) is 13.0. The molecule has 102 valence electrons. The smallest absolute Gasteiger partial charge is 0.251 e. The number of hydrogen-bond acceptors (Lipinski definition) is 3. The Morgan fingerprint density at radius 3 is 2.35 bits per heavy atom. The molecule has 1 aliphatic rings. The fraction of sp³-hybridized carbons (Fsp3) is 1.00. The number of aliphatic hydroxyl groups excluding tert-OH is 1. The van der Waals surface area contributed by atoms with Gasteiger partial charge in [-0.05, 0) is 25.8 Å². The van der Waals surface area contributed by atoms with Gasteiger partial charge in [-0.3, -0.25) is 4.90 Å². The fourth-order valence-corrected chi connectivity index (χ4v) is 2.51. The number of halogens is 2. The van der Waals surface area contributed by atoms with E-state index >= 15 is 0 Å². The topological polar surface area (TPSA) is 35.5 Å². The van der Waals surface area contributed by atoms with Crippen LogP contribution in [0.2, 0.25) is 0 Å². The highest BCUT2D eigenvalue weighted by molar-refractivity contribution is 5.03. The minimum Gasteiger partial charge on any atom is -0.394 e. The zero-order chi connectivity index (χ0) is 13.1. The van der Waals surface area contributed by atoms with Gasteiger partial charge >= 0.3 is 0 Å². The molecule has 0 radical (unpaired) electrons. The summed E-state index contributed by atoms with van der Waals surface area (Å²) in [6, 6.07) is 0.239. The van der Waals surface area contributed by atoms with Crippen LogP contribution in [0.15, 0.2) is 0 Å². The molecule has 0 bridgehead atoms. The number of aliphatic hydroxyl groups is 1. The van der Waals surface area contributed by atoms with Crippen molar-refractivity contribution in [2.75, 3.05) is 26.7 Å². The molecule has 0 aliphatic heterocycles. The van der Waals surface area contributed by atoms with Gasteiger partial charge in [0.2, 0.25) is 0 Å². The molecule has 2 N–H and O–H groups in total. The molecule has 1 atom stereocenters. The van der Waals surface area contributed by atoms with Crippen molar-refractivity contribution in [2.24, 2.45) is 5.92 Å². The number of hydrogen-bond donors (Lipinski definition) is 2. The van der Waals surface area contributed by atoms with Crippen molar-refractivity contribution in [3.8, 4) is 0 Å². The van der Waals surface area contributed by atoms with Gasteiger partial charge in [0.25, 0.3) is 6.43 Å². The zero-order valence-electron chi connectivity index (χ0n) is 10.9. The molecule has 5 heteroatoms. The molecule has 1 saturated carbocycles. The summed E-state index contributed by atoms with van der Waals surface area (Å²) in [6.07, 6.45) is -0.180. The molecular weight excluding hydrogens is 226 g/mol. The highest BCUT2D eigenvalue weighted by Crippen LogP contribution is 2.40. The Kier molecular flexibility index (Phi) is 5.28. The first-order valence-electron chi connectivity index (χ1n) is 6.25. The summed E-state index contributed by atoms with van der Waals surface area (Å²) in [7, 11) is 1.68. The van der Waals surface area contributed by atoms with E-state index in [4.69, 9.17) is 0 Å². The molecule has 0 aromatic rings. The molecule has 0 spiro atoms. The third-order valence-corrected chi connectivity index (χ3v) is 3.22. The van der Waals surface area contributed by atoms with E-state index in [0.29, 0.717) is 12.5 Å². The number of nitrogens with one attached hydrogen (secondary N) is 1. The molecular formula is C12H24F2N2O. The van der Waals surface area contributed by atoms with E-state index in [1.807, 2.05) is 13.8 Å². The van der Waals surface area contributed by atoms with Gasteiger partial charge < -0.3 is 10.4 Å². The molecule has 1 aliphatic carbocycles. The minimum atomic E-state index is -2.32. The maximum Gasteiger partial charge on any atom is 0.251 e. The Morgan fingerprint density at radius 1 is 1.41 bits per heavy atom. The Labute approximate surface area is 102 Å². The van der Waals surface area contributed by atoms with Gasteiger partial charge in [0.05, 0.1) is 18.7 Å². The van der Waals surface area contributed by atoms with Crippen LogP contribution in [0.5, 0.6) is 0 Å². The summed E-state index contributed by atoms with van der Waals surface area (Å²) in [4.78, 5) is 1.61. The van der Waals surface area contributed by atoms with Crippen LogP contribution in [0.1, 0.15) is 26.7 Å². The van der Waals surface area contributed by atoms with Gasteiger partial charge in [0.1, 0.15) is 0 Å². The SMILES string of the molecule is CC(C)NC(CO)(CN(C)CC(F)F)C1CC1. The molecule has 0 amide bonds. The van der Waals surface area contributed by atoms with E-state index in [1.54, 1.807) is 11.9 Å². The predicted octanol–water partition coefficient (Wildman–Crippen LogP) is 1.32. The van der Waals surface area contributed by atoms with E-state index in [9.17, 15) is 13.9 Å². The number of nitrogens with zero attached hydrogens (tertiary/aromatic N) is 1. The first-order valence-corrected chi connectivity index (χ1v) is 6.25. The summed E-state index contributed by atoms with van der Waals surface area (Å²) in [5.74, 6) is 0.412. The molecule has 0 aromatic carbocycles. The first-order chi connectivity index (χ1) is 7.89. The van der Waals surface area contributed by atoms with Crippen LogP contribution >= 0.6 is 0 Å². The van der Waals surface area contributed by atoms with Crippen LogP contribution in [-0.2, 0) is 0 Å². The zero-order valence-corrected chi connectivity index (χ0v) is 10.9. The normalized spacial score (nSPS) is 20.3. The van der Waals surface area contributed by atoms with Gasteiger partial charge in [-0.25, -0.2) is 8.78 Å². The molecule has 0 saturated heterocycles. The maximum absolute atomic E-state index is 12.3. The first kappa shape index (κ1) is 14.8. The van der Waals surface area contributed by atoms with Gasteiger partial charge in [0.15, 0.2) is 0 Å². The van der Waals surface area contributed by atoms with Gasteiger partial charge in [-0.1, -0.05) is 13.8 Å². The molecule has 1 rings (SSSR count). The van der Waals surface area contributed by atoms with Crippen molar-refractivity contribution >= 4 is 0 Å². The fourth-order valence-electron chi connectivity index (χ4n) is 2.51. The third kappa shape index (κ3) is 4.48. The molecule has 1 unspecified atom stereocenters. The van der Waals surface area contributed by atoms with Crippen molar-refractivity contribution in [1.29, 1.82) is 0 Å². The quantitative estimate of drug-likeness (QED) is 0.682. The van der Waals surface area contributed by atoms with Crippen molar-refractivity contribution in [3.63, 3.8) is 0 Å². The van der Waals surface area contributed by atoms with Crippen molar-refractivity contribution in [2.45, 2.75) is 44.7 Å². The third-order valence-electron chi connectivity index (χ3n) is 3.22. The lowest BCUT2D eigenvalue weighted by Crippen LogP contribution is -2.59. The summed E-state index contributed by atoms with van der Waals surface area (Å²) >= 11 is 0. The Hall–Kier alpha value is -0.260.